The molecule has 2 N–H and O–H groups in total. The minimum Gasteiger partial charge on any atom is -0.494 e. The highest BCUT2D eigenvalue weighted by Gasteiger charge is 2.03. The highest BCUT2D eigenvalue weighted by atomic mass is 35.5. The second-order valence-corrected chi connectivity index (χ2v) is 5.63. The molecule has 0 unspecified atom stereocenters. The number of nitrogen functional groups attached to an aromatic ring is 1. The number of hydrogen-bond donors (Lipinski definition) is 1. The van der Waals surface area contributed by atoms with Crippen molar-refractivity contribution >= 4 is 28.2 Å². The van der Waals surface area contributed by atoms with E-state index in [0.29, 0.717) is 6.61 Å². The minimum atomic E-state index is 0.684. The van der Waals surface area contributed by atoms with Crippen molar-refractivity contribution in [2.45, 2.75) is 19.4 Å². The summed E-state index contributed by atoms with van der Waals surface area (Å²) in [5.41, 5.74) is 7.68. The quantitative estimate of drug-likeness (QED) is 0.549. The number of fused-ring (bicyclic) bond motifs is 1. The second-order valence-electron chi connectivity index (χ2n) is 5.20. The number of aromatic nitrogens is 2. The predicted molar refractivity (Wildman–Crippen MR) is 90.3 cm³/mol. The number of anilines is 1. The van der Waals surface area contributed by atoms with Crippen LogP contribution in [-0.4, -0.2) is 16.4 Å². The van der Waals surface area contributed by atoms with Crippen LogP contribution in [0, 0.1) is 0 Å². The van der Waals surface area contributed by atoms with Crippen molar-refractivity contribution < 1.29 is 4.74 Å². The summed E-state index contributed by atoms with van der Waals surface area (Å²) in [7, 11) is 0. The Morgan fingerprint density at radius 1 is 1.09 bits per heavy atom. The van der Waals surface area contributed by atoms with E-state index >= 15 is 0 Å². The molecule has 3 aromatic rings. The van der Waals surface area contributed by atoms with Crippen LogP contribution < -0.4 is 10.5 Å². The summed E-state index contributed by atoms with van der Waals surface area (Å²) in [6.45, 7) is 1.54. The first kappa shape index (κ1) is 14.7. The fourth-order valence-corrected chi connectivity index (χ4v) is 2.48. The Hall–Kier alpha value is -2.20. The Morgan fingerprint density at radius 3 is 2.73 bits per heavy atom. The molecule has 114 valence electrons. The predicted octanol–water partition coefficient (Wildman–Crippen LogP) is 4.13. The van der Waals surface area contributed by atoms with Crippen LogP contribution in [0.3, 0.4) is 0 Å². The molecule has 0 fully saturated rings. The van der Waals surface area contributed by atoms with Gasteiger partial charge in [0.1, 0.15) is 5.75 Å². The number of nitrogens with two attached hydrogens (primary N) is 1. The van der Waals surface area contributed by atoms with Gasteiger partial charge in [0.05, 0.1) is 18.3 Å². The molecule has 0 spiro atoms. The minimum absolute atomic E-state index is 0.684. The fourth-order valence-electron chi connectivity index (χ4n) is 2.35. The van der Waals surface area contributed by atoms with E-state index < -0.39 is 0 Å². The Labute approximate surface area is 134 Å². The van der Waals surface area contributed by atoms with Crippen molar-refractivity contribution in [3.8, 4) is 5.75 Å². The topological polar surface area (TPSA) is 53.1 Å². The van der Waals surface area contributed by atoms with Crippen LogP contribution in [0.1, 0.15) is 12.8 Å². The molecule has 22 heavy (non-hydrogen) atoms. The Morgan fingerprint density at radius 2 is 1.91 bits per heavy atom. The third kappa shape index (κ3) is 3.52. The van der Waals surface area contributed by atoms with Crippen molar-refractivity contribution in [3.63, 3.8) is 0 Å². The maximum atomic E-state index is 5.84. The van der Waals surface area contributed by atoms with Gasteiger partial charge in [0.25, 0.3) is 0 Å². The number of nitrogens with zero attached hydrogens (tertiary/aromatic N) is 2. The van der Waals surface area contributed by atoms with Crippen LogP contribution in [0.15, 0.2) is 48.7 Å². The third-order valence-corrected chi connectivity index (χ3v) is 3.77. The molecule has 0 saturated carbocycles. The van der Waals surface area contributed by atoms with E-state index in [2.05, 4.69) is 5.10 Å². The van der Waals surface area contributed by atoms with Gasteiger partial charge in [0.15, 0.2) is 0 Å². The van der Waals surface area contributed by atoms with Gasteiger partial charge in [-0.15, -0.1) is 0 Å². The monoisotopic (exact) mass is 315 g/mol. The zero-order valence-corrected chi connectivity index (χ0v) is 13.0. The SMILES string of the molecule is Nc1ccc2cnn(CCCCOc3ccc(Cl)cc3)c2c1. The maximum Gasteiger partial charge on any atom is 0.119 e. The lowest BCUT2D eigenvalue weighted by Gasteiger charge is -2.07. The summed E-state index contributed by atoms with van der Waals surface area (Å²) < 4.78 is 7.67. The van der Waals surface area contributed by atoms with E-state index in [1.807, 2.05) is 53.3 Å². The molecule has 0 aliphatic heterocycles. The number of benzene rings is 2. The van der Waals surface area contributed by atoms with Gasteiger partial charge in [-0.2, -0.15) is 5.10 Å². The standard InChI is InChI=1S/C17H18ClN3O/c18-14-4-7-16(8-5-14)22-10-2-1-9-21-17-11-15(19)6-3-13(17)12-20-21/h3-8,11-12H,1-2,9-10,19H2. The van der Waals surface area contributed by atoms with E-state index in [-0.39, 0.29) is 0 Å². The molecule has 1 heterocycles. The van der Waals surface area contributed by atoms with Gasteiger partial charge in [0, 0.05) is 22.6 Å². The van der Waals surface area contributed by atoms with Crippen LogP contribution in [0.2, 0.25) is 5.02 Å². The van der Waals surface area contributed by atoms with Crippen molar-refractivity contribution in [3.05, 3.63) is 53.7 Å². The molecule has 0 amide bonds. The van der Waals surface area contributed by atoms with Gasteiger partial charge in [-0.3, -0.25) is 4.68 Å². The number of ether oxygens (including phenoxy) is 1. The zero-order valence-electron chi connectivity index (χ0n) is 12.2. The van der Waals surface area contributed by atoms with Crippen LogP contribution in [0.25, 0.3) is 10.9 Å². The van der Waals surface area contributed by atoms with Crippen molar-refractivity contribution in [2.24, 2.45) is 0 Å². The van der Waals surface area contributed by atoms with E-state index in [1.165, 1.54) is 0 Å². The molecule has 2 aromatic carbocycles. The lowest BCUT2D eigenvalue weighted by atomic mass is 10.2. The maximum absolute atomic E-state index is 5.84. The third-order valence-electron chi connectivity index (χ3n) is 3.52. The van der Waals surface area contributed by atoms with Gasteiger partial charge in [-0.1, -0.05) is 11.6 Å². The fraction of sp³-hybridized carbons (Fsp3) is 0.235. The second kappa shape index (κ2) is 6.71. The summed E-state index contributed by atoms with van der Waals surface area (Å²) in [6.07, 6.45) is 3.84. The molecule has 1 aromatic heterocycles. The molecule has 3 rings (SSSR count). The van der Waals surface area contributed by atoms with Crippen LogP contribution in [-0.2, 0) is 6.54 Å². The van der Waals surface area contributed by atoms with Gasteiger partial charge < -0.3 is 10.5 Å². The van der Waals surface area contributed by atoms with Crippen molar-refractivity contribution in [1.82, 2.24) is 9.78 Å². The number of aryl methyl sites for hydroxylation is 1. The molecular formula is C17H18ClN3O. The number of unbranched alkanes of at least 4 members (excludes halogenated alkanes) is 1. The van der Waals surface area contributed by atoms with Crippen molar-refractivity contribution in [1.29, 1.82) is 0 Å². The molecule has 0 saturated heterocycles. The molecule has 0 bridgehead atoms. The number of hydrogen-bond acceptors (Lipinski definition) is 3. The lowest BCUT2D eigenvalue weighted by Crippen LogP contribution is -2.03. The number of halogens is 1. The largest absolute Gasteiger partial charge is 0.494 e. The van der Waals surface area contributed by atoms with Crippen LogP contribution in [0.4, 0.5) is 5.69 Å². The highest BCUT2D eigenvalue weighted by molar-refractivity contribution is 6.30. The average molecular weight is 316 g/mol. The molecule has 4 nitrogen and oxygen atoms in total. The van der Waals surface area contributed by atoms with Crippen molar-refractivity contribution in [2.75, 3.05) is 12.3 Å². The van der Waals surface area contributed by atoms with Gasteiger partial charge in [0.2, 0.25) is 0 Å². The van der Waals surface area contributed by atoms with E-state index in [1.54, 1.807) is 0 Å². The van der Waals surface area contributed by atoms with Gasteiger partial charge >= 0.3 is 0 Å². The first-order valence-corrected chi connectivity index (χ1v) is 7.69. The Bertz CT molecular complexity index is 752. The molecule has 0 atom stereocenters. The molecule has 0 aliphatic rings. The van der Waals surface area contributed by atoms with Crippen LogP contribution in [0.5, 0.6) is 5.75 Å². The van der Waals surface area contributed by atoms with E-state index in [4.69, 9.17) is 22.1 Å². The van der Waals surface area contributed by atoms with Crippen LogP contribution >= 0.6 is 11.6 Å². The Kier molecular flexibility index (Phi) is 4.49. The van der Waals surface area contributed by atoms with E-state index in [0.717, 1.165) is 46.7 Å². The lowest BCUT2D eigenvalue weighted by molar-refractivity contribution is 0.302. The molecule has 5 heteroatoms. The summed E-state index contributed by atoms with van der Waals surface area (Å²) in [5, 5.41) is 6.24. The average Bonchev–Trinajstić information content (AvgIpc) is 2.91. The van der Waals surface area contributed by atoms with Gasteiger partial charge in [-0.25, -0.2) is 0 Å². The normalized spacial score (nSPS) is 11.0. The smallest absolute Gasteiger partial charge is 0.119 e. The van der Waals surface area contributed by atoms with Gasteiger partial charge in [-0.05, 0) is 55.3 Å². The summed E-state index contributed by atoms with van der Waals surface area (Å²) in [4.78, 5) is 0. The molecule has 0 radical (unpaired) electrons. The molecule has 0 aliphatic carbocycles. The number of rotatable bonds is 6. The summed E-state index contributed by atoms with van der Waals surface area (Å²) in [6, 6.07) is 13.3. The highest BCUT2D eigenvalue weighted by Crippen LogP contribution is 2.18. The Balaban J connectivity index is 1.48. The zero-order chi connectivity index (χ0) is 15.4. The summed E-state index contributed by atoms with van der Waals surface area (Å²) >= 11 is 5.84. The first-order valence-electron chi connectivity index (χ1n) is 7.32. The van der Waals surface area contributed by atoms with E-state index in [9.17, 15) is 0 Å². The molecular weight excluding hydrogens is 298 g/mol. The first-order chi connectivity index (χ1) is 10.7. The summed E-state index contributed by atoms with van der Waals surface area (Å²) in [5.74, 6) is 0.849.